The second kappa shape index (κ2) is 7.62. The van der Waals surface area contributed by atoms with Gasteiger partial charge < -0.3 is 15.7 Å². The van der Waals surface area contributed by atoms with Crippen LogP contribution in [0.1, 0.15) is 46.5 Å². The van der Waals surface area contributed by atoms with Crippen molar-refractivity contribution in [3.05, 3.63) is 0 Å². The summed E-state index contributed by atoms with van der Waals surface area (Å²) >= 11 is 0. The average Bonchev–Trinajstić information content (AvgIpc) is 2.80. The Labute approximate surface area is 121 Å². The van der Waals surface area contributed by atoms with Crippen molar-refractivity contribution in [1.82, 2.24) is 10.6 Å². The highest BCUT2D eigenvalue weighted by atomic mass is 16.4. The minimum atomic E-state index is -0.746. The molecule has 1 heterocycles. The standard InChI is InChI=1S/C15H28N2O3/c1-11(2)12(4-5-13(18)19)6-8-17-14(20)15(3)7-9-16-10-15/h11-12,16H,4-10H2,1-3H3,(H,17,20)(H,18,19). The second-order valence-corrected chi connectivity index (χ2v) is 6.47. The molecule has 0 aliphatic carbocycles. The van der Waals surface area contributed by atoms with Gasteiger partial charge >= 0.3 is 5.97 Å². The summed E-state index contributed by atoms with van der Waals surface area (Å²) in [7, 11) is 0. The Balaban J connectivity index is 2.32. The van der Waals surface area contributed by atoms with Crippen LogP contribution in [0.3, 0.4) is 0 Å². The number of nitrogens with one attached hydrogen (secondary N) is 2. The van der Waals surface area contributed by atoms with Crippen molar-refractivity contribution in [1.29, 1.82) is 0 Å². The maximum Gasteiger partial charge on any atom is 0.303 e. The molecule has 1 amide bonds. The molecule has 116 valence electrons. The first-order valence-electron chi connectivity index (χ1n) is 7.56. The molecule has 20 heavy (non-hydrogen) atoms. The Morgan fingerprint density at radius 2 is 2.05 bits per heavy atom. The van der Waals surface area contributed by atoms with Crippen molar-refractivity contribution < 1.29 is 14.7 Å². The van der Waals surface area contributed by atoms with Crippen LogP contribution >= 0.6 is 0 Å². The Bertz CT molecular complexity index is 336. The summed E-state index contributed by atoms with van der Waals surface area (Å²) < 4.78 is 0. The zero-order chi connectivity index (χ0) is 15.2. The molecule has 0 aromatic heterocycles. The first-order chi connectivity index (χ1) is 9.35. The van der Waals surface area contributed by atoms with Gasteiger partial charge in [0.25, 0.3) is 0 Å². The van der Waals surface area contributed by atoms with Crippen LogP contribution in [0.2, 0.25) is 0 Å². The molecule has 0 saturated carbocycles. The van der Waals surface area contributed by atoms with Gasteiger partial charge in [0.05, 0.1) is 5.41 Å². The van der Waals surface area contributed by atoms with Gasteiger partial charge in [-0.25, -0.2) is 0 Å². The zero-order valence-electron chi connectivity index (χ0n) is 12.9. The lowest BCUT2D eigenvalue weighted by Gasteiger charge is -2.24. The summed E-state index contributed by atoms with van der Waals surface area (Å²) in [5.41, 5.74) is -0.283. The largest absolute Gasteiger partial charge is 0.481 e. The minimum Gasteiger partial charge on any atom is -0.481 e. The summed E-state index contributed by atoms with van der Waals surface area (Å²) in [6.07, 6.45) is 2.62. The van der Waals surface area contributed by atoms with E-state index < -0.39 is 5.97 Å². The fourth-order valence-electron chi connectivity index (χ4n) is 2.72. The molecule has 0 aromatic rings. The van der Waals surface area contributed by atoms with Gasteiger partial charge in [-0.3, -0.25) is 9.59 Å². The fourth-order valence-corrected chi connectivity index (χ4v) is 2.72. The molecule has 0 spiro atoms. The van der Waals surface area contributed by atoms with E-state index in [4.69, 9.17) is 5.11 Å². The van der Waals surface area contributed by atoms with Gasteiger partial charge in [0.15, 0.2) is 0 Å². The fraction of sp³-hybridized carbons (Fsp3) is 0.867. The van der Waals surface area contributed by atoms with E-state index >= 15 is 0 Å². The summed E-state index contributed by atoms with van der Waals surface area (Å²) in [6.45, 7) is 8.49. The highest BCUT2D eigenvalue weighted by Crippen LogP contribution is 2.25. The van der Waals surface area contributed by atoms with Gasteiger partial charge in [-0.2, -0.15) is 0 Å². The number of carboxylic acid groups (broad SMARTS) is 1. The van der Waals surface area contributed by atoms with Crippen LogP contribution in [0.15, 0.2) is 0 Å². The van der Waals surface area contributed by atoms with Crippen LogP contribution in [-0.2, 0) is 9.59 Å². The molecular weight excluding hydrogens is 256 g/mol. The Kier molecular flexibility index (Phi) is 6.46. The molecule has 5 heteroatoms. The summed E-state index contributed by atoms with van der Waals surface area (Å²) in [6, 6.07) is 0. The lowest BCUT2D eigenvalue weighted by atomic mass is 9.87. The Morgan fingerprint density at radius 1 is 1.35 bits per heavy atom. The lowest BCUT2D eigenvalue weighted by molar-refractivity contribution is -0.137. The van der Waals surface area contributed by atoms with Crippen molar-refractivity contribution in [2.45, 2.75) is 46.5 Å². The monoisotopic (exact) mass is 284 g/mol. The SMILES string of the molecule is CC(C)C(CCNC(=O)C1(C)CCNC1)CCC(=O)O. The van der Waals surface area contributed by atoms with Crippen molar-refractivity contribution in [2.75, 3.05) is 19.6 Å². The minimum absolute atomic E-state index is 0.114. The molecule has 1 rings (SSSR count). The van der Waals surface area contributed by atoms with Crippen LogP contribution < -0.4 is 10.6 Å². The second-order valence-electron chi connectivity index (χ2n) is 6.47. The molecular formula is C15H28N2O3. The van der Waals surface area contributed by atoms with E-state index in [1.807, 2.05) is 6.92 Å². The molecule has 1 aliphatic rings. The number of aliphatic carboxylic acids is 1. The third-order valence-electron chi connectivity index (χ3n) is 4.39. The molecule has 2 unspecified atom stereocenters. The summed E-state index contributed by atoms with van der Waals surface area (Å²) in [5.74, 6) is 0.156. The molecule has 0 aromatic carbocycles. The number of hydrogen-bond acceptors (Lipinski definition) is 3. The summed E-state index contributed by atoms with van der Waals surface area (Å²) in [4.78, 5) is 22.8. The first kappa shape index (κ1) is 17.0. The van der Waals surface area contributed by atoms with Gasteiger partial charge in [0.2, 0.25) is 5.91 Å². The molecule has 0 bridgehead atoms. The van der Waals surface area contributed by atoms with E-state index in [1.165, 1.54) is 0 Å². The van der Waals surface area contributed by atoms with Crippen LogP contribution in [0.4, 0.5) is 0 Å². The molecule has 1 fully saturated rings. The van der Waals surface area contributed by atoms with Crippen molar-refractivity contribution in [3.63, 3.8) is 0 Å². The summed E-state index contributed by atoms with van der Waals surface area (Å²) in [5, 5.41) is 15.0. The van der Waals surface area contributed by atoms with E-state index in [0.29, 0.717) is 24.8 Å². The number of rotatable bonds is 8. The highest BCUT2D eigenvalue weighted by Gasteiger charge is 2.35. The molecule has 0 radical (unpaired) electrons. The van der Waals surface area contributed by atoms with Gasteiger partial charge in [-0.1, -0.05) is 13.8 Å². The van der Waals surface area contributed by atoms with Gasteiger partial charge in [-0.15, -0.1) is 0 Å². The number of carboxylic acids is 1. The Morgan fingerprint density at radius 3 is 2.55 bits per heavy atom. The van der Waals surface area contributed by atoms with Crippen molar-refractivity contribution in [2.24, 2.45) is 17.3 Å². The smallest absolute Gasteiger partial charge is 0.303 e. The number of carbonyl (C=O) groups excluding carboxylic acids is 1. The molecule has 5 nitrogen and oxygen atoms in total. The van der Waals surface area contributed by atoms with Crippen LogP contribution in [0, 0.1) is 17.3 Å². The van der Waals surface area contributed by atoms with E-state index in [-0.39, 0.29) is 17.7 Å². The number of amides is 1. The predicted molar refractivity (Wildman–Crippen MR) is 78.4 cm³/mol. The maximum absolute atomic E-state index is 12.1. The maximum atomic E-state index is 12.1. The van der Waals surface area contributed by atoms with Crippen LogP contribution in [0.25, 0.3) is 0 Å². The molecule has 1 aliphatic heterocycles. The number of hydrogen-bond donors (Lipinski definition) is 3. The van der Waals surface area contributed by atoms with Crippen LogP contribution in [0.5, 0.6) is 0 Å². The molecule has 2 atom stereocenters. The van der Waals surface area contributed by atoms with Crippen molar-refractivity contribution >= 4 is 11.9 Å². The third kappa shape index (κ3) is 5.12. The van der Waals surface area contributed by atoms with E-state index in [1.54, 1.807) is 0 Å². The quantitative estimate of drug-likeness (QED) is 0.633. The first-order valence-corrected chi connectivity index (χ1v) is 7.56. The third-order valence-corrected chi connectivity index (χ3v) is 4.39. The van der Waals surface area contributed by atoms with E-state index in [2.05, 4.69) is 24.5 Å². The van der Waals surface area contributed by atoms with Gasteiger partial charge in [0, 0.05) is 19.5 Å². The van der Waals surface area contributed by atoms with Gasteiger partial charge in [0.1, 0.15) is 0 Å². The molecule has 3 N–H and O–H groups in total. The number of carbonyl (C=O) groups is 2. The van der Waals surface area contributed by atoms with E-state index in [0.717, 1.165) is 25.9 Å². The topological polar surface area (TPSA) is 78.4 Å². The lowest BCUT2D eigenvalue weighted by Crippen LogP contribution is -2.41. The predicted octanol–water partition coefficient (Wildman–Crippen LogP) is 1.63. The van der Waals surface area contributed by atoms with E-state index in [9.17, 15) is 9.59 Å². The van der Waals surface area contributed by atoms with Gasteiger partial charge in [-0.05, 0) is 44.6 Å². The van der Waals surface area contributed by atoms with Crippen LogP contribution in [-0.4, -0.2) is 36.6 Å². The zero-order valence-corrected chi connectivity index (χ0v) is 12.9. The Hall–Kier alpha value is -1.10. The van der Waals surface area contributed by atoms with Crippen molar-refractivity contribution in [3.8, 4) is 0 Å². The average molecular weight is 284 g/mol. The molecule has 1 saturated heterocycles. The highest BCUT2D eigenvalue weighted by molar-refractivity contribution is 5.82. The normalized spacial score (nSPS) is 23.8.